The van der Waals surface area contributed by atoms with E-state index in [1.54, 1.807) is 7.11 Å². The molecule has 5 heteroatoms. The zero-order valence-electron chi connectivity index (χ0n) is 17.2. The molecule has 1 heterocycles. The topological polar surface area (TPSA) is 50.8 Å². The van der Waals surface area contributed by atoms with Gasteiger partial charge in [-0.15, -0.1) is 0 Å². The lowest BCUT2D eigenvalue weighted by Crippen LogP contribution is -2.30. The Morgan fingerprint density at radius 3 is 2.50 bits per heavy atom. The molecule has 1 aliphatic rings. The molecule has 0 saturated carbocycles. The van der Waals surface area contributed by atoms with E-state index in [0.717, 1.165) is 43.1 Å². The summed E-state index contributed by atoms with van der Waals surface area (Å²) in [5, 5.41) is 2.83. The number of nitrogens with one attached hydrogen (secondary N) is 1. The molecule has 1 amide bonds. The van der Waals surface area contributed by atoms with Crippen molar-refractivity contribution in [1.29, 1.82) is 0 Å². The van der Waals surface area contributed by atoms with Crippen LogP contribution in [0.25, 0.3) is 0 Å². The Morgan fingerprint density at radius 1 is 1.14 bits per heavy atom. The first-order chi connectivity index (χ1) is 13.5. The van der Waals surface area contributed by atoms with Crippen molar-refractivity contribution in [3.05, 3.63) is 58.7 Å². The smallest absolute Gasteiger partial charge is 0.217 e. The number of carbonyl (C=O) groups excluding carboxylic acids is 1. The average molecular weight is 383 g/mol. The van der Waals surface area contributed by atoms with E-state index in [9.17, 15) is 4.79 Å². The molecular formula is C23H30N2O3. The van der Waals surface area contributed by atoms with E-state index in [2.05, 4.69) is 40.5 Å². The number of fused-ring (bicyclic) bond motifs is 1. The highest BCUT2D eigenvalue weighted by molar-refractivity contribution is 5.72. The van der Waals surface area contributed by atoms with Crippen LogP contribution < -0.4 is 14.8 Å². The first-order valence-corrected chi connectivity index (χ1v) is 9.86. The predicted molar refractivity (Wildman–Crippen MR) is 111 cm³/mol. The molecule has 1 N–H and O–H groups in total. The van der Waals surface area contributed by atoms with Crippen molar-refractivity contribution in [3.63, 3.8) is 0 Å². The normalized spacial score (nSPS) is 13.9. The predicted octanol–water partition coefficient (Wildman–Crippen LogP) is 3.68. The van der Waals surface area contributed by atoms with Gasteiger partial charge in [-0.1, -0.05) is 30.3 Å². The van der Waals surface area contributed by atoms with E-state index in [0.29, 0.717) is 6.54 Å². The van der Waals surface area contributed by atoms with Crippen molar-refractivity contribution in [3.8, 4) is 11.5 Å². The van der Waals surface area contributed by atoms with Gasteiger partial charge in [0.1, 0.15) is 0 Å². The molecule has 0 atom stereocenters. The van der Waals surface area contributed by atoms with Crippen LogP contribution in [0.15, 0.2) is 36.4 Å². The maximum absolute atomic E-state index is 11.0. The Morgan fingerprint density at radius 2 is 1.86 bits per heavy atom. The van der Waals surface area contributed by atoms with Gasteiger partial charge >= 0.3 is 0 Å². The van der Waals surface area contributed by atoms with Crippen molar-refractivity contribution in [1.82, 2.24) is 10.2 Å². The lowest BCUT2D eigenvalue weighted by molar-refractivity contribution is -0.119. The monoisotopic (exact) mass is 382 g/mol. The number of nitrogens with zero attached hydrogens (tertiary/aromatic N) is 1. The van der Waals surface area contributed by atoms with Crippen molar-refractivity contribution in [2.45, 2.75) is 52.9 Å². The molecule has 0 saturated heterocycles. The Balaban J connectivity index is 1.66. The minimum Gasteiger partial charge on any atom is -0.493 e. The van der Waals surface area contributed by atoms with Crippen LogP contribution in [0.3, 0.4) is 0 Å². The van der Waals surface area contributed by atoms with Crippen molar-refractivity contribution < 1.29 is 14.3 Å². The SMILES string of the molecule is COc1c(OC(C)C)ccc2c1CCN(Cc1ccc(CNC(C)=O)cc1)C2. The first-order valence-electron chi connectivity index (χ1n) is 9.86. The largest absolute Gasteiger partial charge is 0.493 e. The molecule has 3 rings (SSSR count). The number of amides is 1. The molecule has 150 valence electrons. The van der Waals surface area contributed by atoms with E-state index in [1.165, 1.54) is 23.6 Å². The fourth-order valence-electron chi connectivity index (χ4n) is 3.61. The molecule has 0 fully saturated rings. The molecule has 1 aliphatic heterocycles. The maximum atomic E-state index is 11.0. The highest BCUT2D eigenvalue weighted by atomic mass is 16.5. The number of hydrogen-bond donors (Lipinski definition) is 1. The summed E-state index contributed by atoms with van der Waals surface area (Å²) < 4.78 is 11.6. The Bertz CT molecular complexity index is 815. The minimum absolute atomic E-state index is 0.00608. The van der Waals surface area contributed by atoms with Gasteiger partial charge in [0.15, 0.2) is 11.5 Å². The van der Waals surface area contributed by atoms with Crippen LogP contribution in [0.1, 0.15) is 43.0 Å². The zero-order valence-corrected chi connectivity index (χ0v) is 17.2. The Labute approximate surface area is 167 Å². The molecule has 0 bridgehead atoms. The number of carbonyl (C=O) groups is 1. The van der Waals surface area contributed by atoms with Gasteiger partial charge in [-0.3, -0.25) is 9.69 Å². The van der Waals surface area contributed by atoms with Crippen LogP contribution in [0, 0.1) is 0 Å². The summed E-state index contributed by atoms with van der Waals surface area (Å²) >= 11 is 0. The van der Waals surface area contributed by atoms with Gasteiger partial charge in [0.2, 0.25) is 5.91 Å². The van der Waals surface area contributed by atoms with Crippen LogP contribution in [-0.4, -0.2) is 30.6 Å². The van der Waals surface area contributed by atoms with Crippen LogP contribution >= 0.6 is 0 Å². The minimum atomic E-state index is -0.00608. The summed E-state index contributed by atoms with van der Waals surface area (Å²) in [5.74, 6) is 1.71. The first kappa shape index (κ1) is 20.2. The van der Waals surface area contributed by atoms with Gasteiger partial charge in [-0.2, -0.15) is 0 Å². The lowest BCUT2D eigenvalue weighted by Gasteiger charge is -2.30. The molecule has 0 radical (unpaired) electrons. The number of ether oxygens (including phenoxy) is 2. The molecule has 0 unspecified atom stereocenters. The molecule has 0 aromatic heterocycles. The second-order valence-corrected chi connectivity index (χ2v) is 7.59. The van der Waals surface area contributed by atoms with E-state index in [-0.39, 0.29) is 12.0 Å². The third-order valence-corrected chi connectivity index (χ3v) is 4.93. The number of hydrogen-bond acceptors (Lipinski definition) is 4. The Hall–Kier alpha value is -2.53. The Kier molecular flexibility index (Phi) is 6.57. The van der Waals surface area contributed by atoms with E-state index in [4.69, 9.17) is 9.47 Å². The highest BCUT2D eigenvalue weighted by Crippen LogP contribution is 2.37. The third kappa shape index (κ3) is 5.04. The maximum Gasteiger partial charge on any atom is 0.217 e. The van der Waals surface area contributed by atoms with Gasteiger partial charge < -0.3 is 14.8 Å². The van der Waals surface area contributed by atoms with Gasteiger partial charge in [0.25, 0.3) is 0 Å². The third-order valence-electron chi connectivity index (χ3n) is 4.93. The summed E-state index contributed by atoms with van der Waals surface area (Å²) in [6.45, 7) is 8.97. The standard InChI is InChI=1S/C23H30N2O3/c1-16(2)28-22-10-9-20-15-25(12-11-21(20)23(22)27-4)14-19-7-5-18(6-8-19)13-24-17(3)26/h5-10,16H,11-15H2,1-4H3,(H,24,26). The van der Waals surface area contributed by atoms with Crippen molar-refractivity contribution in [2.75, 3.05) is 13.7 Å². The summed E-state index contributed by atoms with van der Waals surface area (Å²) in [6, 6.07) is 12.7. The zero-order chi connectivity index (χ0) is 20.1. The molecule has 5 nitrogen and oxygen atoms in total. The number of rotatable bonds is 7. The van der Waals surface area contributed by atoms with Gasteiger partial charge in [-0.25, -0.2) is 0 Å². The summed E-state index contributed by atoms with van der Waals surface area (Å²) in [6.07, 6.45) is 1.08. The summed E-state index contributed by atoms with van der Waals surface area (Å²) in [4.78, 5) is 13.5. The molecule has 2 aromatic rings. The lowest BCUT2D eigenvalue weighted by atomic mass is 9.97. The van der Waals surface area contributed by atoms with Gasteiger partial charge in [-0.05, 0) is 43.0 Å². The summed E-state index contributed by atoms with van der Waals surface area (Å²) in [5.41, 5.74) is 4.97. The van der Waals surface area contributed by atoms with E-state index in [1.807, 2.05) is 19.9 Å². The average Bonchev–Trinajstić information content (AvgIpc) is 2.67. The molecule has 2 aromatic carbocycles. The van der Waals surface area contributed by atoms with Crippen LogP contribution in [0.2, 0.25) is 0 Å². The van der Waals surface area contributed by atoms with E-state index >= 15 is 0 Å². The molecule has 0 aliphatic carbocycles. The highest BCUT2D eigenvalue weighted by Gasteiger charge is 2.22. The van der Waals surface area contributed by atoms with Crippen molar-refractivity contribution >= 4 is 5.91 Å². The van der Waals surface area contributed by atoms with Crippen molar-refractivity contribution in [2.24, 2.45) is 0 Å². The van der Waals surface area contributed by atoms with Gasteiger partial charge in [0, 0.05) is 38.7 Å². The van der Waals surface area contributed by atoms with Crippen LogP contribution in [0.4, 0.5) is 0 Å². The second-order valence-electron chi connectivity index (χ2n) is 7.59. The number of methoxy groups -OCH3 is 1. The number of benzene rings is 2. The quantitative estimate of drug-likeness (QED) is 0.794. The summed E-state index contributed by atoms with van der Waals surface area (Å²) in [7, 11) is 1.72. The van der Waals surface area contributed by atoms with Gasteiger partial charge in [0.05, 0.1) is 13.2 Å². The fraction of sp³-hybridized carbons (Fsp3) is 0.435. The second kappa shape index (κ2) is 9.11. The molecule has 28 heavy (non-hydrogen) atoms. The van der Waals surface area contributed by atoms with Crippen LogP contribution in [0.5, 0.6) is 11.5 Å². The van der Waals surface area contributed by atoms with Crippen LogP contribution in [-0.2, 0) is 30.8 Å². The molecular weight excluding hydrogens is 352 g/mol. The molecule has 0 spiro atoms. The fourth-order valence-corrected chi connectivity index (χ4v) is 3.61. The van der Waals surface area contributed by atoms with E-state index < -0.39 is 0 Å².